The van der Waals surface area contributed by atoms with Gasteiger partial charge in [-0.1, -0.05) is 24.1 Å². The molecule has 0 bridgehead atoms. The molecule has 1 heterocycles. The standard InChI is InChI=1S/C24H30O4/c1-24-11-10-18-17-9-7-16(26-2)13-15(17)6-8-19(18)20(24)14-21(25)23(24)28-22-5-3-4-12-27-22/h3-5,7,12,18-20,22-23H,6,8-11,13-14H2,1-2H3/t18-,19-,20+,22?,23+,24+/m1/s1. The molecule has 1 aliphatic heterocycles. The van der Waals surface area contributed by atoms with Crippen molar-refractivity contribution in [3.63, 3.8) is 0 Å². The number of rotatable bonds is 3. The van der Waals surface area contributed by atoms with E-state index in [1.54, 1.807) is 24.5 Å². The van der Waals surface area contributed by atoms with Gasteiger partial charge in [-0.25, -0.2) is 0 Å². The summed E-state index contributed by atoms with van der Waals surface area (Å²) in [5.41, 5.74) is 3.19. The van der Waals surface area contributed by atoms with Gasteiger partial charge in [-0.15, -0.1) is 0 Å². The number of carbonyl (C=O) groups excluding carboxylic acids is 1. The fraction of sp³-hybridized carbons (Fsp3) is 0.625. The van der Waals surface area contributed by atoms with E-state index in [9.17, 15) is 4.79 Å². The lowest BCUT2D eigenvalue weighted by Gasteiger charge is -2.51. The molecule has 1 unspecified atom stereocenters. The van der Waals surface area contributed by atoms with E-state index in [4.69, 9.17) is 14.2 Å². The van der Waals surface area contributed by atoms with E-state index >= 15 is 0 Å². The van der Waals surface area contributed by atoms with E-state index in [1.807, 2.05) is 18.2 Å². The number of hydrogen-bond acceptors (Lipinski definition) is 4. The summed E-state index contributed by atoms with van der Waals surface area (Å²) >= 11 is 0. The van der Waals surface area contributed by atoms with Crippen molar-refractivity contribution < 1.29 is 19.0 Å². The van der Waals surface area contributed by atoms with Crippen LogP contribution in [0, 0.1) is 23.2 Å². The van der Waals surface area contributed by atoms with E-state index in [2.05, 4.69) is 13.0 Å². The molecule has 2 fully saturated rings. The Kier molecular flexibility index (Phi) is 4.50. The second-order valence-corrected chi connectivity index (χ2v) is 9.25. The van der Waals surface area contributed by atoms with E-state index < -0.39 is 6.29 Å². The maximum Gasteiger partial charge on any atom is 0.219 e. The zero-order chi connectivity index (χ0) is 19.3. The van der Waals surface area contributed by atoms with Crippen molar-refractivity contribution in [1.29, 1.82) is 0 Å². The van der Waals surface area contributed by atoms with Crippen LogP contribution < -0.4 is 0 Å². The first-order valence-electron chi connectivity index (χ1n) is 10.7. The molecule has 0 amide bonds. The van der Waals surface area contributed by atoms with E-state index in [0.29, 0.717) is 24.2 Å². The number of carbonyl (C=O) groups is 1. The molecular weight excluding hydrogens is 352 g/mol. The molecule has 4 aliphatic carbocycles. The molecule has 5 rings (SSSR count). The second-order valence-electron chi connectivity index (χ2n) is 9.25. The van der Waals surface area contributed by atoms with Crippen molar-refractivity contribution >= 4 is 5.78 Å². The van der Waals surface area contributed by atoms with Crippen LogP contribution in [0.2, 0.25) is 0 Å². The number of Topliss-reactive ketones (excluding diaryl/α,β-unsaturated/α-hetero) is 1. The molecule has 6 atom stereocenters. The van der Waals surface area contributed by atoms with Crippen LogP contribution in [0.4, 0.5) is 0 Å². The molecule has 28 heavy (non-hydrogen) atoms. The van der Waals surface area contributed by atoms with Crippen molar-refractivity contribution in [2.75, 3.05) is 7.11 Å². The lowest BCUT2D eigenvalue weighted by atomic mass is 9.54. The minimum absolute atomic E-state index is 0.0725. The molecule has 4 heteroatoms. The van der Waals surface area contributed by atoms with Gasteiger partial charge < -0.3 is 14.2 Å². The van der Waals surface area contributed by atoms with Gasteiger partial charge >= 0.3 is 0 Å². The summed E-state index contributed by atoms with van der Waals surface area (Å²) in [6.07, 6.45) is 16.0. The van der Waals surface area contributed by atoms with Crippen LogP contribution in [0.3, 0.4) is 0 Å². The minimum Gasteiger partial charge on any atom is -0.501 e. The second kappa shape index (κ2) is 6.91. The average molecular weight is 383 g/mol. The summed E-state index contributed by atoms with van der Waals surface area (Å²) < 4.78 is 17.3. The van der Waals surface area contributed by atoms with Gasteiger partial charge in [-0.05, 0) is 68.1 Å². The van der Waals surface area contributed by atoms with Crippen LogP contribution in [0.1, 0.15) is 51.9 Å². The number of fused-ring (bicyclic) bond motifs is 4. The van der Waals surface area contributed by atoms with Crippen LogP contribution in [0.15, 0.2) is 47.5 Å². The summed E-state index contributed by atoms with van der Waals surface area (Å²) in [7, 11) is 1.78. The highest BCUT2D eigenvalue weighted by atomic mass is 16.7. The topological polar surface area (TPSA) is 44.8 Å². The Morgan fingerprint density at radius 1 is 1.25 bits per heavy atom. The molecule has 0 aromatic heterocycles. The van der Waals surface area contributed by atoms with Gasteiger partial charge in [0.2, 0.25) is 6.29 Å². The normalized spacial score (nSPS) is 41.7. The van der Waals surface area contributed by atoms with Crippen molar-refractivity contribution in [2.45, 2.75) is 64.3 Å². The zero-order valence-electron chi connectivity index (χ0n) is 16.9. The van der Waals surface area contributed by atoms with Crippen molar-refractivity contribution in [3.8, 4) is 0 Å². The number of hydrogen-bond donors (Lipinski definition) is 0. The monoisotopic (exact) mass is 382 g/mol. The molecule has 0 N–H and O–H groups in total. The predicted octanol–water partition coefficient (Wildman–Crippen LogP) is 4.83. The van der Waals surface area contributed by atoms with Crippen LogP contribution in [-0.4, -0.2) is 25.3 Å². The van der Waals surface area contributed by atoms with Crippen molar-refractivity contribution in [2.24, 2.45) is 23.2 Å². The highest BCUT2D eigenvalue weighted by molar-refractivity contribution is 5.87. The van der Waals surface area contributed by atoms with Gasteiger partial charge in [0, 0.05) is 18.3 Å². The van der Waals surface area contributed by atoms with Gasteiger partial charge in [-0.3, -0.25) is 4.79 Å². The smallest absolute Gasteiger partial charge is 0.219 e. The first-order chi connectivity index (χ1) is 13.6. The van der Waals surface area contributed by atoms with Crippen LogP contribution >= 0.6 is 0 Å². The summed E-state index contributed by atoms with van der Waals surface area (Å²) in [4.78, 5) is 13.0. The molecule has 4 nitrogen and oxygen atoms in total. The third-order valence-electron chi connectivity index (χ3n) is 8.01. The molecule has 0 spiro atoms. The number of ketones is 1. The third-order valence-corrected chi connectivity index (χ3v) is 8.01. The first-order valence-corrected chi connectivity index (χ1v) is 10.7. The number of ether oxygens (including phenoxy) is 3. The summed E-state index contributed by atoms with van der Waals surface area (Å²) in [6, 6.07) is 0. The number of allylic oxidation sites excluding steroid dienone is 5. The highest BCUT2D eigenvalue weighted by Gasteiger charge is 2.59. The van der Waals surface area contributed by atoms with Crippen LogP contribution in [0.25, 0.3) is 0 Å². The Balaban J connectivity index is 1.37. The summed E-state index contributed by atoms with van der Waals surface area (Å²) in [5.74, 6) is 3.06. The maximum absolute atomic E-state index is 13.0. The van der Waals surface area contributed by atoms with Gasteiger partial charge in [0.1, 0.15) is 6.10 Å². The lowest BCUT2D eigenvalue weighted by Crippen LogP contribution is -2.47. The summed E-state index contributed by atoms with van der Waals surface area (Å²) in [5, 5.41) is 0. The van der Waals surface area contributed by atoms with E-state index in [0.717, 1.165) is 31.4 Å². The Bertz CT molecular complexity index is 788. The van der Waals surface area contributed by atoms with Crippen LogP contribution in [0.5, 0.6) is 0 Å². The molecular formula is C24H30O4. The Labute approximate surface area is 167 Å². The quantitative estimate of drug-likeness (QED) is 0.656. The Morgan fingerprint density at radius 3 is 2.93 bits per heavy atom. The predicted molar refractivity (Wildman–Crippen MR) is 106 cm³/mol. The zero-order valence-corrected chi connectivity index (χ0v) is 16.9. The first kappa shape index (κ1) is 18.2. The molecule has 2 saturated carbocycles. The molecule has 0 aromatic rings. The minimum atomic E-state index is -0.441. The number of methoxy groups -OCH3 is 1. The van der Waals surface area contributed by atoms with Gasteiger partial charge in [0.05, 0.1) is 19.1 Å². The molecule has 150 valence electrons. The van der Waals surface area contributed by atoms with E-state index in [-0.39, 0.29) is 17.3 Å². The largest absolute Gasteiger partial charge is 0.501 e. The van der Waals surface area contributed by atoms with E-state index in [1.165, 1.54) is 12.8 Å². The fourth-order valence-corrected chi connectivity index (χ4v) is 6.61. The third kappa shape index (κ3) is 2.80. The van der Waals surface area contributed by atoms with Gasteiger partial charge in [0.15, 0.2) is 5.78 Å². The molecule has 0 aromatic carbocycles. The lowest BCUT2D eigenvalue weighted by molar-refractivity contribution is -0.167. The highest BCUT2D eigenvalue weighted by Crippen LogP contribution is 2.61. The molecule has 5 aliphatic rings. The van der Waals surface area contributed by atoms with Crippen molar-refractivity contribution in [1.82, 2.24) is 0 Å². The SMILES string of the molecule is COC1=CCC2=C(CC[C@@H]3[C@@H]2CC[C@]2(C)[C@@H](OC4C=CC=CO4)C(=O)C[C@@H]32)C1. The van der Waals surface area contributed by atoms with Crippen LogP contribution in [-0.2, 0) is 19.0 Å². The maximum atomic E-state index is 13.0. The average Bonchev–Trinajstić information content (AvgIpc) is 2.98. The summed E-state index contributed by atoms with van der Waals surface area (Å²) in [6.45, 7) is 2.29. The Hall–Kier alpha value is -1.81. The van der Waals surface area contributed by atoms with Gasteiger partial charge in [-0.2, -0.15) is 0 Å². The Morgan fingerprint density at radius 2 is 2.14 bits per heavy atom. The van der Waals surface area contributed by atoms with Gasteiger partial charge in [0.25, 0.3) is 0 Å². The fourth-order valence-electron chi connectivity index (χ4n) is 6.61. The molecule has 0 saturated heterocycles. The van der Waals surface area contributed by atoms with Crippen molar-refractivity contribution in [3.05, 3.63) is 47.5 Å². The molecule has 0 radical (unpaired) electrons.